The molecule has 2 N–H and O–H groups in total. The summed E-state index contributed by atoms with van der Waals surface area (Å²) in [7, 11) is 0. The Morgan fingerprint density at radius 3 is 2.81 bits per heavy atom. The summed E-state index contributed by atoms with van der Waals surface area (Å²) in [5, 5.41) is 3.99. The van der Waals surface area contributed by atoms with Crippen molar-refractivity contribution in [1.82, 2.24) is 15.4 Å². The first-order valence-corrected chi connectivity index (χ1v) is 10.2. The zero-order chi connectivity index (χ0) is 22.2. The largest absolute Gasteiger partial charge is 0.490 e. The molecule has 0 spiro atoms. The Bertz CT molecular complexity index is 1140. The quantitative estimate of drug-likeness (QED) is 0.407. The molecular weight excluding hydrogens is 396 g/mol. The van der Waals surface area contributed by atoms with Gasteiger partial charge < -0.3 is 14.5 Å². The van der Waals surface area contributed by atoms with Gasteiger partial charge in [-0.1, -0.05) is 12.1 Å². The second-order valence-corrected chi connectivity index (χ2v) is 7.13. The third-order valence-electron chi connectivity index (χ3n) is 4.29. The van der Waals surface area contributed by atoms with Crippen molar-refractivity contribution in [3.63, 3.8) is 0 Å². The highest BCUT2D eigenvalue weighted by Crippen LogP contribution is 2.28. The van der Waals surface area contributed by atoms with Gasteiger partial charge in [0.25, 0.3) is 5.56 Å². The number of hydrogen-bond donors (Lipinski definition) is 2. The molecule has 3 aromatic rings. The third kappa shape index (κ3) is 6.15. The smallest absolute Gasteiger partial charge is 0.270 e. The van der Waals surface area contributed by atoms with Crippen molar-refractivity contribution in [3.8, 4) is 11.5 Å². The predicted octanol–water partition coefficient (Wildman–Crippen LogP) is 3.19. The van der Waals surface area contributed by atoms with Gasteiger partial charge in [0.15, 0.2) is 11.5 Å². The van der Waals surface area contributed by atoms with E-state index in [0.29, 0.717) is 34.8 Å². The highest BCUT2D eigenvalue weighted by Gasteiger charge is 2.09. The van der Waals surface area contributed by atoms with Gasteiger partial charge in [-0.25, -0.2) is 10.4 Å². The van der Waals surface area contributed by atoms with Crippen molar-refractivity contribution >= 4 is 23.2 Å². The number of aryl methyl sites for hydroxylation is 1. The van der Waals surface area contributed by atoms with Gasteiger partial charge in [0.1, 0.15) is 5.69 Å². The van der Waals surface area contributed by atoms with Crippen molar-refractivity contribution in [2.24, 2.45) is 5.10 Å². The van der Waals surface area contributed by atoms with Crippen LogP contribution in [-0.4, -0.2) is 34.8 Å². The summed E-state index contributed by atoms with van der Waals surface area (Å²) in [6.07, 6.45) is 1.87. The monoisotopic (exact) mass is 422 g/mol. The van der Waals surface area contributed by atoms with E-state index in [1.54, 1.807) is 12.1 Å². The van der Waals surface area contributed by atoms with Crippen LogP contribution in [0.2, 0.25) is 0 Å². The second-order valence-electron chi connectivity index (χ2n) is 7.13. The van der Waals surface area contributed by atoms with Gasteiger partial charge >= 0.3 is 0 Å². The van der Waals surface area contributed by atoms with E-state index < -0.39 is 0 Å². The van der Waals surface area contributed by atoms with Gasteiger partial charge in [0.2, 0.25) is 5.91 Å². The number of nitrogens with one attached hydrogen (secondary N) is 2. The predicted molar refractivity (Wildman–Crippen MR) is 120 cm³/mol. The van der Waals surface area contributed by atoms with E-state index in [-0.39, 0.29) is 30.4 Å². The minimum atomic E-state index is -0.310. The van der Waals surface area contributed by atoms with Crippen LogP contribution >= 0.6 is 0 Å². The van der Waals surface area contributed by atoms with E-state index in [0.717, 1.165) is 5.56 Å². The summed E-state index contributed by atoms with van der Waals surface area (Å²) >= 11 is 0. The molecule has 0 unspecified atom stereocenters. The Kier molecular flexibility index (Phi) is 7.37. The summed E-state index contributed by atoms with van der Waals surface area (Å²) in [4.78, 5) is 31.4. The molecule has 0 radical (unpaired) electrons. The molecule has 1 aromatic heterocycles. The highest BCUT2D eigenvalue weighted by atomic mass is 16.5. The number of aromatic nitrogens is 2. The van der Waals surface area contributed by atoms with Crippen LogP contribution in [0.15, 0.2) is 52.4 Å². The van der Waals surface area contributed by atoms with Gasteiger partial charge in [0, 0.05) is 12.8 Å². The third-order valence-corrected chi connectivity index (χ3v) is 4.29. The van der Waals surface area contributed by atoms with Crippen LogP contribution in [0.5, 0.6) is 11.5 Å². The topological polar surface area (TPSA) is 106 Å². The number of amides is 1. The van der Waals surface area contributed by atoms with Crippen LogP contribution in [0.3, 0.4) is 0 Å². The van der Waals surface area contributed by atoms with Gasteiger partial charge in [-0.05, 0) is 56.7 Å². The highest BCUT2D eigenvalue weighted by molar-refractivity contribution is 5.83. The van der Waals surface area contributed by atoms with E-state index in [9.17, 15) is 9.59 Å². The molecule has 0 aliphatic rings. The van der Waals surface area contributed by atoms with E-state index >= 15 is 0 Å². The summed E-state index contributed by atoms with van der Waals surface area (Å²) in [6.45, 7) is 6.30. The molecule has 2 aromatic carbocycles. The lowest BCUT2D eigenvalue weighted by molar-refractivity contribution is -0.121. The number of hydrogen-bond acceptors (Lipinski definition) is 6. The number of aromatic amines is 1. The van der Waals surface area contributed by atoms with Crippen LogP contribution in [0.25, 0.3) is 11.0 Å². The minimum absolute atomic E-state index is 0.0299. The maximum atomic E-state index is 12.1. The Hall–Kier alpha value is -3.68. The molecule has 0 aliphatic heterocycles. The number of hydrazone groups is 1. The number of carbonyl (C=O) groups is 1. The molecule has 8 nitrogen and oxygen atoms in total. The van der Waals surface area contributed by atoms with Crippen molar-refractivity contribution < 1.29 is 14.3 Å². The Morgan fingerprint density at radius 1 is 1.23 bits per heavy atom. The Labute approximate surface area is 180 Å². The van der Waals surface area contributed by atoms with Gasteiger partial charge in [-0.3, -0.25) is 9.59 Å². The molecule has 0 atom stereocenters. The second kappa shape index (κ2) is 10.4. The number of carbonyl (C=O) groups excluding carboxylic acids is 1. The Morgan fingerprint density at radius 2 is 2.03 bits per heavy atom. The number of fused-ring (bicyclic) bond motifs is 1. The van der Waals surface area contributed by atoms with E-state index in [1.165, 1.54) is 6.21 Å². The number of benzene rings is 2. The molecule has 1 heterocycles. The van der Waals surface area contributed by atoms with E-state index in [2.05, 4.69) is 20.5 Å². The fraction of sp³-hybridized carbons (Fsp3) is 0.304. The summed E-state index contributed by atoms with van der Waals surface area (Å²) in [6, 6.07) is 12.7. The van der Waals surface area contributed by atoms with Crippen LogP contribution < -0.4 is 20.5 Å². The SMILES string of the molecule is CCOc1cc(/C=N/NC(=O)CCc2nc3ccccc3[nH]c2=O)ccc1OC(C)C. The lowest BCUT2D eigenvalue weighted by Gasteiger charge is -2.14. The first-order chi connectivity index (χ1) is 15.0. The number of H-pyrrole nitrogens is 1. The van der Waals surface area contributed by atoms with E-state index in [1.807, 2.05) is 51.1 Å². The molecule has 1 amide bonds. The first kappa shape index (κ1) is 22.0. The molecule has 31 heavy (non-hydrogen) atoms. The number of nitrogens with zero attached hydrogens (tertiary/aromatic N) is 2. The molecule has 162 valence electrons. The van der Waals surface area contributed by atoms with E-state index in [4.69, 9.17) is 9.47 Å². The lowest BCUT2D eigenvalue weighted by atomic mass is 10.2. The van der Waals surface area contributed by atoms with Gasteiger partial charge in [-0.15, -0.1) is 0 Å². The van der Waals surface area contributed by atoms with Gasteiger partial charge in [-0.2, -0.15) is 5.10 Å². The van der Waals surface area contributed by atoms with Crippen LogP contribution in [0, 0.1) is 0 Å². The minimum Gasteiger partial charge on any atom is -0.490 e. The standard InChI is InChI=1S/C23H26N4O4/c1-4-30-21-13-16(9-11-20(21)31-15(2)3)14-24-27-22(28)12-10-19-23(29)26-18-8-6-5-7-17(18)25-19/h5-9,11,13-15H,4,10,12H2,1-3H3,(H,26,29)(H,27,28)/b24-14+. The lowest BCUT2D eigenvalue weighted by Crippen LogP contribution is -2.21. The zero-order valence-electron chi connectivity index (χ0n) is 17.8. The van der Waals surface area contributed by atoms with Crippen LogP contribution in [0.1, 0.15) is 38.4 Å². The fourth-order valence-corrected chi connectivity index (χ4v) is 2.93. The van der Waals surface area contributed by atoms with Gasteiger partial charge in [0.05, 0.1) is 30.0 Å². The first-order valence-electron chi connectivity index (χ1n) is 10.2. The van der Waals surface area contributed by atoms with Crippen molar-refractivity contribution in [2.75, 3.05) is 6.61 Å². The molecule has 0 bridgehead atoms. The average molecular weight is 422 g/mol. The molecule has 0 fully saturated rings. The van der Waals surface area contributed by atoms with Crippen molar-refractivity contribution in [2.45, 2.75) is 39.7 Å². The number of rotatable bonds is 9. The molecule has 0 saturated carbocycles. The van der Waals surface area contributed by atoms with Crippen LogP contribution in [0.4, 0.5) is 0 Å². The number of para-hydroxylation sites is 2. The summed E-state index contributed by atoms with van der Waals surface area (Å²) in [5.41, 5.74) is 4.62. The fourth-order valence-electron chi connectivity index (χ4n) is 2.93. The molecular formula is C23H26N4O4. The molecule has 3 rings (SSSR count). The maximum Gasteiger partial charge on any atom is 0.270 e. The van der Waals surface area contributed by atoms with Crippen LogP contribution in [-0.2, 0) is 11.2 Å². The summed E-state index contributed by atoms with van der Waals surface area (Å²) < 4.78 is 11.4. The zero-order valence-corrected chi connectivity index (χ0v) is 17.8. The molecule has 8 heteroatoms. The summed E-state index contributed by atoms with van der Waals surface area (Å²) in [5.74, 6) is 0.967. The molecule has 0 saturated heterocycles. The maximum absolute atomic E-state index is 12.1. The molecule has 0 aliphatic carbocycles. The van der Waals surface area contributed by atoms with Crippen molar-refractivity contribution in [1.29, 1.82) is 0 Å². The average Bonchev–Trinajstić information content (AvgIpc) is 2.74. The normalized spacial score (nSPS) is 11.2. The van der Waals surface area contributed by atoms with Crippen molar-refractivity contribution in [3.05, 3.63) is 64.1 Å². The number of ether oxygens (including phenoxy) is 2. The Balaban J connectivity index is 1.58.